The highest BCUT2D eigenvalue weighted by atomic mass is 35.5. The highest BCUT2D eigenvalue weighted by molar-refractivity contribution is 7.22. The zero-order valence-electron chi connectivity index (χ0n) is 19.5. The molecule has 1 N–H and O–H groups in total. The maximum atomic E-state index is 12.9. The Balaban J connectivity index is 0.00000289. The standard InChI is InChI=1S/C24H28ClN5O2S2.ClH/c1-32-20-15-16(9-10-26-20)22(31)28-24-27-21(18-7-8-19(25)33-18)23(34-24)30-13-11-29(12-14-30)17-5-3-2-4-6-17;/h7-10,15,17H,2-6,11-14H2,1H3,(H,27,28,31);1H. The first-order valence-electron chi connectivity index (χ1n) is 11.7. The lowest BCUT2D eigenvalue weighted by atomic mass is 9.94. The molecule has 188 valence electrons. The minimum atomic E-state index is -0.237. The van der Waals surface area contributed by atoms with Crippen LogP contribution in [0.2, 0.25) is 4.34 Å². The Morgan fingerprint density at radius 2 is 1.89 bits per heavy atom. The van der Waals surface area contributed by atoms with Gasteiger partial charge in [0.25, 0.3) is 5.91 Å². The lowest BCUT2D eigenvalue weighted by Crippen LogP contribution is -2.50. The monoisotopic (exact) mass is 553 g/mol. The minimum absolute atomic E-state index is 0. The van der Waals surface area contributed by atoms with Crippen LogP contribution in [0.5, 0.6) is 5.88 Å². The highest BCUT2D eigenvalue weighted by Crippen LogP contribution is 2.42. The van der Waals surface area contributed by atoms with Crippen LogP contribution in [0.25, 0.3) is 10.6 Å². The molecule has 0 bridgehead atoms. The van der Waals surface area contributed by atoms with Gasteiger partial charge in [-0.05, 0) is 31.0 Å². The summed E-state index contributed by atoms with van der Waals surface area (Å²) in [5, 5.41) is 4.63. The van der Waals surface area contributed by atoms with Crippen LogP contribution in [0.4, 0.5) is 10.1 Å². The Bertz CT molecular complexity index is 1140. The third-order valence-electron chi connectivity index (χ3n) is 6.54. The average Bonchev–Trinajstić information content (AvgIpc) is 3.50. The van der Waals surface area contributed by atoms with Crippen molar-refractivity contribution in [3.05, 3.63) is 40.4 Å². The molecule has 3 aromatic rings. The molecule has 0 unspecified atom stereocenters. The molecule has 0 atom stereocenters. The number of thiazole rings is 1. The number of nitrogens with one attached hydrogen (secondary N) is 1. The number of piperazine rings is 1. The molecule has 4 heterocycles. The number of amides is 1. The quantitative estimate of drug-likeness (QED) is 0.400. The van der Waals surface area contributed by atoms with E-state index in [1.165, 1.54) is 61.9 Å². The fourth-order valence-corrected chi connectivity index (χ4v) is 6.88. The Labute approximate surface area is 224 Å². The summed E-state index contributed by atoms with van der Waals surface area (Å²) in [6, 6.07) is 7.92. The zero-order valence-corrected chi connectivity index (χ0v) is 22.7. The predicted molar refractivity (Wildman–Crippen MR) is 147 cm³/mol. The summed E-state index contributed by atoms with van der Waals surface area (Å²) in [6.07, 6.45) is 8.31. The van der Waals surface area contributed by atoms with Gasteiger partial charge in [-0.2, -0.15) is 0 Å². The number of carbonyl (C=O) groups excluding carboxylic acids is 1. The number of hydrogen-bond acceptors (Lipinski definition) is 8. The van der Waals surface area contributed by atoms with E-state index in [2.05, 4.69) is 20.1 Å². The Hall–Kier alpha value is -1.91. The number of methoxy groups -OCH3 is 1. The van der Waals surface area contributed by atoms with E-state index in [9.17, 15) is 4.79 Å². The third kappa shape index (κ3) is 6.09. The summed E-state index contributed by atoms with van der Waals surface area (Å²) in [7, 11) is 1.53. The first-order chi connectivity index (χ1) is 16.6. The number of carbonyl (C=O) groups is 1. The molecule has 0 aromatic carbocycles. The Morgan fingerprint density at radius 1 is 1.11 bits per heavy atom. The van der Waals surface area contributed by atoms with Crippen LogP contribution in [-0.4, -0.2) is 60.1 Å². The van der Waals surface area contributed by atoms with Gasteiger partial charge in [-0.3, -0.25) is 15.0 Å². The summed E-state index contributed by atoms with van der Waals surface area (Å²) in [5.41, 5.74) is 1.36. The maximum absolute atomic E-state index is 12.9. The van der Waals surface area contributed by atoms with Crippen molar-refractivity contribution in [3.8, 4) is 16.5 Å². The molecule has 0 spiro atoms. The van der Waals surface area contributed by atoms with Crippen LogP contribution in [-0.2, 0) is 0 Å². The number of rotatable bonds is 6. The van der Waals surface area contributed by atoms with Gasteiger partial charge in [-0.1, -0.05) is 42.2 Å². The molecular weight excluding hydrogens is 525 g/mol. The molecule has 2 fully saturated rings. The number of aromatic nitrogens is 2. The van der Waals surface area contributed by atoms with Crippen molar-refractivity contribution in [2.75, 3.05) is 43.5 Å². The fraction of sp³-hybridized carbons (Fsp3) is 0.458. The van der Waals surface area contributed by atoms with Crippen molar-refractivity contribution >= 4 is 62.7 Å². The van der Waals surface area contributed by atoms with E-state index < -0.39 is 0 Å². The molecule has 35 heavy (non-hydrogen) atoms. The first kappa shape index (κ1) is 26.2. The smallest absolute Gasteiger partial charge is 0.257 e. The van der Waals surface area contributed by atoms with Gasteiger partial charge >= 0.3 is 0 Å². The van der Waals surface area contributed by atoms with E-state index in [-0.39, 0.29) is 18.3 Å². The largest absolute Gasteiger partial charge is 0.481 e. The molecule has 7 nitrogen and oxygen atoms in total. The number of anilines is 2. The van der Waals surface area contributed by atoms with Crippen LogP contribution in [0.3, 0.4) is 0 Å². The van der Waals surface area contributed by atoms with Crippen LogP contribution in [0.15, 0.2) is 30.5 Å². The molecule has 5 rings (SSSR count). The molecule has 11 heteroatoms. The lowest BCUT2D eigenvalue weighted by molar-refractivity contribution is 0.102. The third-order valence-corrected chi connectivity index (χ3v) is 8.80. The number of nitrogens with zero attached hydrogens (tertiary/aromatic N) is 4. The van der Waals surface area contributed by atoms with Crippen LogP contribution in [0.1, 0.15) is 42.5 Å². The normalized spacial score (nSPS) is 17.1. The van der Waals surface area contributed by atoms with E-state index in [4.69, 9.17) is 21.3 Å². The maximum Gasteiger partial charge on any atom is 0.257 e. The molecule has 3 aromatic heterocycles. The first-order valence-corrected chi connectivity index (χ1v) is 13.7. The van der Waals surface area contributed by atoms with Crippen LogP contribution < -0.4 is 15.0 Å². The summed E-state index contributed by atoms with van der Waals surface area (Å²) in [5.74, 6) is 0.163. The fourth-order valence-electron chi connectivity index (χ4n) is 4.75. The number of thiophene rings is 1. The molecule has 1 amide bonds. The van der Waals surface area contributed by atoms with Gasteiger partial charge in [-0.25, -0.2) is 9.97 Å². The van der Waals surface area contributed by atoms with Gasteiger partial charge in [0.2, 0.25) is 5.88 Å². The van der Waals surface area contributed by atoms with Gasteiger partial charge < -0.3 is 9.64 Å². The highest BCUT2D eigenvalue weighted by Gasteiger charge is 2.28. The van der Waals surface area contributed by atoms with Gasteiger partial charge in [0, 0.05) is 50.0 Å². The van der Waals surface area contributed by atoms with Gasteiger partial charge in [0.15, 0.2) is 5.13 Å². The second-order valence-corrected chi connectivity index (χ2v) is 11.3. The van der Waals surface area contributed by atoms with Crippen molar-refractivity contribution in [3.63, 3.8) is 0 Å². The SMILES string of the molecule is COc1cc(C(=O)Nc2nc(-c3ccc(Cl)s3)c(N3CCN(C4CCCCC4)CC3)s2)ccn1.Cl. The van der Waals surface area contributed by atoms with E-state index in [1.807, 2.05) is 12.1 Å². The van der Waals surface area contributed by atoms with Gasteiger partial charge in [-0.15, -0.1) is 23.7 Å². The number of pyridine rings is 1. The Morgan fingerprint density at radius 3 is 2.57 bits per heavy atom. The predicted octanol–water partition coefficient (Wildman–Crippen LogP) is 6.06. The van der Waals surface area contributed by atoms with Crippen LogP contribution >= 0.6 is 46.7 Å². The van der Waals surface area contributed by atoms with Crippen molar-refractivity contribution in [2.45, 2.75) is 38.1 Å². The zero-order chi connectivity index (χ0) is 23.5. The van der Waals surface area contributed by atoms with E-state index in [0.29, 0.717) is 16.6 Å². The number of ether oxygens (including phenoxy) is 1. The Kier molecular flexibility index (Phi) is 8.88. The van der Waals surface area contributed by atoms with E-state index in [1.54, 1.807) is 18.3 Å². The van der Waals surface area contributed by atoms with Crippen molar-refractivity contribution < 1.29 is 9.53 Å². The summed E-state index contributed by atoms with van der Waals surface area (Å²) in [4.78, 5) is 27.8. The summed E-state index contributed by atoms with van der Waals surface area (Å²) >= 11 is 9.27. The van der Waals surface area contributed by atoms with E-state index in [0.717, 1.165) is 52.1 Å². The second-order valence-electron chi connectivity index (χ2n) is 8.63. The van der Waals surface area contributed by atoms with Crippen LogP contribution in [0, 0.1) is 0 Å². The van der Waals surface area contributed by atoms with Crippen molar-refractivity contribution in [1.82, 2.24) is 14.9 Å². The molecule has 1 aliphatic carbocycles. The molecule has 1 aliphatic heterocycles. The van der Waals surface area contributed by atoms with E-state index >= 15 is 0 Å². The van der Waals surface area contributed by atoms with Crippen molar-refractivity contribution in [2.24, 2.45) is 0 Å². The summed E-state index contributed by atoms with van der Waals surface area (Å²) < 4.78 is 5.87. The second kappa shape index (κ2) is 11.9. The minimum Gasteiger partial charge on any atom is -0.481 e. The lowest BCUT2D eigenvalue weighted by Gasteiger charge is -2.41. The van der Waals surface area contributed by atoms with Gasteiger partial charge in [0.05, 0.1) is 16.3 Å². The molecular formula is C24H29Cl2N5O2S2. The number of hydrogen-bond donors (Lipinski definition) is 1. The van der Waals surface area contributed by atoms with Gasteiger partial charge in [0.1, 0.15) is 10.7 Å². The number of halogens is 2. The molecule has 1 saturated heterocycles. The molecule has 0 radical (unpaired) electrons. The molecule has 1 saturated carbocycles. The topological polar surface area (TPSA) is 70.6 Å². The van der Waals surface area contributed by atoms with Crippen molar-refractivity contribution in [1.29, 1.82) is 0 Å². The summed E-state index contributed by atoms with van der Waals surface area (Å²) in [6.45, 7) is 4.04. The molecule has 2 aliphatic rings. The average molecular weight is 555 g/mol.